The van der Waals surface area contributed by atoms with Gasteiger partial charge in [0, 0.05) is 6.92 Å². The number of carbonyl (C=O) groups is 1. The van der Waals surface area contributed by atoms with Gasteiger partial charge in [-0.25, -0.2) is 0 Å². The number of carbonyl (C=O) groups excluding carboxylic acids is 1. The molecule has 0 aromatic heterocycles. The monoisotopic (exact) mass is 408 g/mol. The zero-order valence-electron chi connectivity index (χ0n) is 16.9. The minimum atomic E-state index is -0.333. The second-order valence-corrected chi connectivity index (χ2v) is 7.01. The van der Waals surface area contributed by atoms with Gasteiger partial charge in [0.1, 0.15) is 0 Å². The van der Waals surface area contributed by atoms with E-state index < -0.39 is 0 Å². The maximum absolute atomic E-state index is 9.22. The Bertz CT molecular complexity index is 232. The summed E-state index contributed by atoms with van der Waals surface area (Å²) < 4.78 is 0. The molecule has 0 heterocycles. The lowest BCUT2D eigenvalue weighted by Gasteiger charge is -2.08. The second kappa shape index (κ2) is 25.2. The Labute approximate surface area is 162 Å². The summed E-state index contributed by atoms with van der Waals surface area (Å²) in [5, 5.41) is 0. The summed E-state index contributed by atoms with van der Waals surface area (Å²) in [4.78, 5) is 11.5. The largest absolute Gasteiger partial charge is 0.370 e. The summed E-state index contributed by atoms with van der Waals surface area (Å²) >= 11 is 0. The van der Waals surface area contributed by atoms with Crippen LogP contribution in [0.2, 0.25) is 0 Å². The van der Waals surface area contributed by atoms with E-state index in [2.05, 4.69) is 31.7 Å². The molecule has 0 aliphatic rings. The number of nitrogens with two attached hydrogens (primary N) is 1. The third-order valence-electron chi connectivity index (χ3n) is 3.96. The SMILES string of the molecule is Br.CC(N)=O.CCCCCCCCCCCCCCCCN(C)C. The molecule has 0 bridgehead atoms. The average Bonchev–Trinajstić information content (AvgIpc) is 2.47. The van der Waals surface area contributed by atoms with Crippen molar-refractivity contribution in [2.75, 3.05) is 20.6 Å². The molecule has 0 aliphatic heterocycles. The van der Waals surface area contributed by atoms with Crippen molar-refractivity contribution >= 4 is 22.9 Å². The van der Waals surface area contributed by atoms with Crippen molar-refractivity contribution in [2.45, 2.75) is 104 Å². The maximum atomic E-state index is 9.22. The van der Waals surface area contributed by atoms with E-state index in [1.165, 1.54) is 103 Å². The lowest BCUT2D eigenvalue weighted by molar-refractivity contribution is -0.115. The quantitative estimate of drug-likeness (QED) is 0.332. The Morgan fingerprint density at radius 2 is 0.958 bits per heavy atom. The molecule has 4 heteroatoms. The maximum Gasteiger partial charge on any atom is 0.214 e. The molecule has 148 valence electrons. The van der Waals surface area contributed by atoms with Crippen LogP contribution in [-0.4, -0.2) is 31.4 Å². The summed E-state index contributed by atoms with van der Waals surface area (Å²) in [6, 6.07) is 0. The van der Waals surface area contributed by atoms with E-state index in [4.69, 9.17) is 0 Å². The molecular formula is C20H45BrN2O. The molecule has 0 spiro atoms. The van der Waals surface area contributed by atoms with Gasteiger partial charge in [0.15, 0.2) is 0 Å². The number of hydrogen-bond donors (Lipinski definition) is 1. The third kappa shape index (κ3) is 37.8. The molecule has 0 fully saturated rings. The fourth-order valence-corrected chi connectivity index (χ4v) is 2.62. The Hall–Kier alpha value is -0.0900. The van der Waals surface area contributed by atoms with Gasteiger partial charge in [0.2, 0.25) is 5.91 Å². The highest BCUT2D eigenvalue weighted by molar-refractivity contribution is 8.93. The molecule has 0 unspecified atom stereocenters. The van der Waals surface area contributed by atoms with Crippen molar-refractivity contribution in [1.82, 2.24) is 4.90 Å². The van der Waals surface area contributed by atoms with Gasteiger partial charge >= 0.3 is 0 Å². The first kappa shape index (κ1) is 28.7. The summed E-state index contributed by atoms with van der Waals surface area (Å²) in [5.41, 5.74) is 4.47. The Balaban J connectivity index is -0.000000787. The van der Waals surface area contributed by atoms with Gasteiger partial charge in [-0.05, 0) is 27.1 Å². The smallest absolute Gasteiger partial charge is 0.214 e. The predicted octanol–water partition coefficient (Wildman–Crippen LogP) is 6.10. The molecular weight excluding hydrogens is 364 g/mol. The van der Waals surface area contributed by atoms with Crippen LogP contribution in [0.25, 0.3) is 0 Å². The lowest BCUT2D eigenvalue weighted by Crippen LogP contribution is -2.12. The fourth-order valence-electron chi connectivity index (χ4n) is 2.62. The van der Waals surface area contributed by atoms with Crippen LogP contribution in [0.1, 0.15) is 104 Å². The zero-order chi connectivity index (χ0) is 17.8. The Kier molecular flexibility index (Phi) is 30.1. The number of rotatable bonds is 15. The van der Waals surface area contributed by atoms with Crippen molar-refractivity contribution in [2.24, 2.45) is 5.73 Å². The van der Waals surface area contributed by atoms with Crippen molar-refractivity contribution in [3.63, 3.8) is 0 Å². The first-order chi connectivity index (χ1) is 11.0. The lowest BCUT2D eigenvalue weighted by atomic mass is 10.0. The summed E-state index contributed by atoms with van der Waals surface area (Å²) in [6.07, 6.45) is 20.3. The van der Waals surface area contributed by atoms with Gasteiger partial charge in [-0.2, -0.15) is 0 Å². The molecule has 0 saturated heterocycles. The number of hydrogen-bond acceptors (Lipinski definition) is 2. The standard InChI is InChI=1S/C18H39N.C2H5NO.BrH/c1-4-5-6-7-8-9-10-11-12-13-14-15-16-17-18-19(2)3;1-2(3)4;/h4-18H2,1-3H3;1H3,(H2,3,4);1H. The van der Waals surface area contributed by atoms with E-state index >= 15 is 0 Å². The first-order valence-corrected chi connectivity index (χ1v) is 9.91. The third-order valence-corrected chi connectivity index (χ3v) is 3.96. The molecule has 3 nitrogen and oxygen atoms in total. The van der Waals surface area contributed by atoms with E-state index in [-0.39, 0.29) is 22.9 Å². The van der Waals surface area contributed by atoms with Crippen molar-refractivity contribution < 1.29 is 4.79 Å². The summed E-state index contributed by atoms with van der Waals surface area (Å²) in [7, 11) is 4.34. The van der Waals surface area contributed by atoms with Gasteiger partial charge in [-0.1, -0.05) is 90.4 Å². The number of nitrogens with zero attached hydrogens (tertiary/aromatic N) is 1. The normalized spacial score (nSPS) is 10.0. The fraction of sp³-hybridized carbons (Fsp3) is 0.950. The molecule has 0 atom stereocenters. The van der Waals surface area contributed by atoms with E-state index in [1.807, 2.05) is 0 Å². The van der Waals surface area contributed by atoms with Crippen molar-refractivity contribution in [3.8, 4) is 0 Å². The highest BCUT2D eigenvalue weighted by Crippen LogP contribution is 2.12. The predicted molar refractivity (Wildman–Crippen MR) is 114 cm³/mol. The first-order valence-electron chi connectivity index (χ1n) is 9.91. The highest BCUT2D eigenvalue weighted by Gasteiger charge is 1.94. The van der Waals surface area contributed by atoms with Crippen LogP contribution in [0, 0.1) is 0 Å². The average molecular weight is 409 g/mol. The molecule has 24 heavy (non-hydrogen) atoms. The topological polar surface area (TPSA) is 46.3 Å². The number of halogens is 1. The van der Waals surface area contributed by atoms with Gasteiger partial charge in [0.25, 0.3) is 0 Å². The van der Waals surface area contributed by atoms with Crippen LogP contribution in [0.4, 0.5) is 0 Å². The minimum Gasteiger partial charge on any atom is -0.370 e. The molecule has 0 saturated carbocycles. The minimum absolute atomic E-state index is 0. The van der Waals surface area contributed by atoms with Crippen LogP contribution in [0.15, 0.2) is 0 Å². The van der Waals surface area contributed by atoms with Crippen LogP contribution in [0.5, 0.6) is 0 Å². The van der Waals surface area contributed by atoms with Crippen LogP contribution in [0.3, 0.4) is 0 Å². The number of amides is 1. The molecule has 0 aromatic carbocycles. The van der Waals surface area contributed by atoms with Crippen LogP contribution in [-0.2, 0) is 4.79 Å². The number of unbranched alkanes of at least 4 members (excludes halogenated alkanes) is 13. The van der Waals surface area contributed by atoms with E-state index in [9.17, 15) is 4.79 Å². The molecule has 1 amide bonds. The van der Waals surface area contributed by atoms with Gasteiger partial charge < -0.3 is 10.6 Å². The molecule has 0 radical (unpaired) electrons. The van der Waals surface area contributed by atoms with Crippen molar-refractivity contribution in [3.05, 3.63) is 0 Å². The van der Waals surface area contributed by atoms with E-state index in [0.717, 1.165) is 0 Å². The van der Waals surface area contributed by atoms with E-state index in [0.29, 0.717) is 0 Å². The molecule has 0 rings (SSSR count). The van der Waals surface area contributed by atoms with Crippen LogP contribution < -0.4 is 5.73 Å². The highest BCUT2D eigenvalue weighted by atomic mass is 79.9. The van der Waals surface area contributed by atoms with Gasteiger partial charge in [-0.3, -0.25) is 4.79 Å². The Morgan fingerprint density at radius 1 is 0.708 bits per heavy atom. The van der Waals surface area contributed by atoms with Gasteiger partial charge in [0.05, 0.1) is 0 Å². The van der Waals surface area contributed by atoms with E-state index in [1.54, 1.807) is 0 Å². The second-order valence-electron chi connectivity index (χ2n) is 7.01. The molecule has 2 N–H and O–H groups in total. The van der Waals surface area contributed by atoms with Crippen molar-refractivity contribution in [1.29, 1.82) is 0 Å². The Morgan fingerprint density at radius 3 is 1.21 bits per heavy atom. The molecule has 0 aromatic rings. The summed E-state index contributed by atoms with van der Waals surface area (Å²) in [6.45, 7) is 4.86. The number of primary amides is 1. The molecule has 0 aliphatic carbocycles. The summed E-state index contributed by atoms with van der Waals surface area (Å²) in [5.74, 6) is -0.333. The zero-order valence-corrected chi connectivity index (χ0v) is 18.7. The van der Waals surface area contributed by atoms with Crippen LogP contribution >= 0.6 is 17.0 Å². The van der Waals surface area contributed by atoms with Gasteiger partial charge in [-0.15, -0.1) is 17.0 Å².